The minimum absolute atomic E-state index is 0.404. The molecule has 1 heterocycles. The zero-order valence-corrected chi connectivity index (χ0v) is 15.2. The Morgan fingerprint density at radius 1 is 1.19 bits per heavy atom. The molecular weight excluding hydrogens is 348 g/mol. The fourth-order valence-electron chi connectivity index (χ4n) is 2.64. The van der Waals surface area contributed by atoms with Crippen LogP contribution in [0.5, 0.6) is 5.75 Å². The third kappa shape index (κ3) is 4.83. The maximum absolute atomic E-state index is 11.6. The van der Waals surface area contributed by atoms with Crippen molar-refractivity contribution in [2.24, 2.45) is 0 Å². The van der Waals surface area contributed by atoms with Crippen molar-refractivity contribution < 1.29 is 14.6 Å². The van der Waals surface area contributed by atoms with Crippen LogP contribution in [-0.2, 0) is 17.6 Å². The van der Waals surface area contributed by atoms with Crippen molar-refractivity contribution in [2.75, 3.05) is 12.4 Å². The van der Waals surface area contributed by atoms with Gasteiger partial charge in [0, 0.05) is 18.2 Å². The monoisotopic (exact) mass is 368 g/mol. The number of nitrogens with one attached hydrogen (secondary N) is 1. The van der Waals surface area contributed by atoms with Crippen LogP contribution in [0.3, 0.4) is 0 Å². The van der Waals surface area contributed by atoms with Crippen LogP contribution in [0, 0.1) is 0 Å². The first kappa shape index (κ1) is 17.9. The van der Waals surface area contributed by atoms with Crippen molar-refractivity contribution in [3.63, 3.8) is 0 Å². The van der Waals surface area contributed by atoms with E-state index in [4.69, 9.17) is 4.74 Å². The molecule has 0 saturated carbocycles. The molecule has 1 aromatic heterocycles. The Morgan fingerprint density at radius 2 is 1.96 bits per heavy atom. The third-order valence-corrected chi connectivity index (χ3v) is 4.77. The van der Waals surface area contributed by atoms with E-state index in [1.54, 1.807) is 7.11 Å². The topological polar surface area (TPSA) is 71.5 Å². The van der Waals surface area contributed by atoms with Crippen molar-refractivity contribution in [2.45, 2.75) is 18.9 Å². The number of rotatable bonds is 8. The Kier molecular flexibility index (Phi) is 5.86. The van der Waals surface area contributed by atoms with E-state index in [1.165, 1.54) is 11.3 Å². The van der Waals surface area contributed by atoms with Gasteiger partial charge in [-0.15, -0.1) is 11.3 Å². The molecule has 2 N–H and O–H groups in total. The van der Waals surface area contributed by atoms with Gasteiger partial charge in [0.05, 0.1) is 12.8 Å². The van der Waals surface area contributed by atoms with Gasteiger partial charge in [0.2, 0.25) is 0 Å². The van der Waals surface area contributed by atoms with Crippen LogP contribution < -0.4 is 10.1 Å². The number of carbonyl (C=O) groups is 1. The highest BCUT2D eigenvalue weighted by Crippen LogP contribution is 2.21. The maximum Gasteiger partial charge on any atom is 0.326 e. The second kappa shape index (κ2) is 8.49. The van der Waals surface area contributed by atoms with Gasteiger partial charge in [-0.2, -0.15) is 0 Å². The van der Waals surface area contributed by atoms with Gasteiger partial charge >= 0.3 is 5.97 Å². The Balaban J connectivity index is 1.66. The summed E-state index contributed by atoms with van der Waals surface area (Å²) in [4.78, 5) is 16.1. The first-order chi connectivity index (χ1) is 12.6. The van der Waals surface area contributed by atoms with Gasteiger partial charge in [-0.05, 0) is 23.3 Å². The number of carboxylic acid groups (broad SMARTS) is 1. The van der Waals surface area contributed by atoms with Crippen molar-refractivity contribution in [1.29, 1.82) is 0 Å². The summed E-state index contributed by atoms with van der Waals surface area (Å²) in [5.41, 5.74) is 2.97. The molecule has 2 aromatic carbocycles. The second-order valence-electron chi connectivity index (χ2n) is 5.90. The molecule has 3 rings (SSSR count). The summed E-state index contributed by atoms with van der Waals surface area (Å²) in [7, 11) is 1.64. The number of aromatic nitrogens is 1. The molecule has 0 aliphatic carbocycles. The lowest BCUT2D eigenvalue weighted by molar-refractivity contribution is -0.137. The van der Waals surface area contributed by atoms with Crippen LogP contribution in [-0.4, -0.2) is 29.2 Å². The molecule has 0 aliphatic rings. The molecule has 26 heavy (non-hydrogen) atoms. The molecule has 134 valence electrons. The molecule has 0 fully saturated rings. The largest absolute Gasteiger partial charge is 0.497 e. The molecule has 0 spiro atoms. The van der Waals surface area contributed by atoms with Gasteiger partial charge in [-0.25, -0.2) is 9.78 Å². The zero-order chi connectivity index (χ0) is 18.4. The Hall–Kier alpha value is -2.86. The van der Waals surface area contributed by atoms with E-state index in [0.29, 0.717) is 18.0 Å². The van der Waals surface area contributed by atoms with Crippen molar-refractivity contribution in [3.8, 4) is 5.75 Å². The fraction of sp³-hybridized carbons (Fsp3) is 0.200. The number of methoxy groups -OCH3 is 1. The molecule has 3 aromatic rings. The van der Waals surface area contributed by atoms with Gasteiger partial charge < -0.3 is 15.2 Å². The van der Waals surface area contributed by atoms with E-state index < -0.39 is 12.0 Å². The zero-order valence-electron chi connectivity index (χ0n) is 14.4. The SMILES string of the molecule is COc1cccc(Cc2csc(N[C@H](Cc3ccccc3)C(=O)O)n2)c1. The molecule has 6 heteroatoms. The lowest BCUT2D eigenvalue weighted by Crippen LogP contribution is -2.31. The first-order valence-electron chi connectivity index (χ1n) is 8.24. The normalized spacial score (nSPS) is 11.7. The van der Waals surface area contributed by atoms with Crippen LogP contribution in [0.1, 0.15) is 16.8 Å². The number of anilines is 1. The minimum Gasteiger partial charge on any atom is -0.497 e. The maximum atomic E-state index is 11.6. The Labute approximate surface area is 156 Å². The molecule has 0 unspecified atom stereocenters. The number of benzene rings is 2. The van der Waals surface area contributed by atoms with Crippen molar-refractivity contribution >= 4 is 22.4 Å². The van der Waals surface area contributed by atoms with Crippen LogP contribution in [0.2, 0.25) is 0 Å². The highest BCUT2D eigenvalue weighted by Gasteiger charge is 2.19. The molecule has 5 nitrogen and oxygen atoms in total. The summed E-state index contributed by atoms with van der Waals surface area (Å²) in [6.45, 7) is 0. The molecule has 0 radical (unpaired) electrons. The number of aliphatic carboxylic acids is 1. The Bertz CT molecular complexity index is 864. The van der Waals surface area contributed by atoms with E-state index in [2.05, 4.69) is 10.3 Å². The number of carboxylic acids is 1. The standard InChI is InChI=1S/C20H20N2O3S/c1-25-17-9-5-8-15(11-17)10-16-13-26-20(21-16)22-18(19(23)24)12-14-6-3-2-4-7-14/h2-9,11,13,18H,10,12H2,1H3,(H,21,22)(H,23,24)/t18-/m1/s1. The molecule has 0 aliphatic heterocycles. The van der Waals surface area contributed by atoms with Gasteiger partial charge in [0.15, 0.2) is 5.13 Å². The third-order valence-electron chi connectivity index (χ3n) is 3.95. The van der Waals surface area contributed by atoms with Crippen LogP contribution in [0.4, 0.5) is 5.13 Å². The predicted molar refractivity (Wildman–Crippen MR) is 103 cm³/mol. The van der Waals surface area contributed by atoms with Crippen LogP contribution >= 0.6 is 11.3 Å². The summed E-state index contributed by atoms with van der Waals surface area (Å²) in [5.74, 6) is -0.0803. The average molecular weight is 368 g/mol. The van der Waals surface area contributed by atoms with Gasteiger partial charge in [-0.3, -0.25) is 0 Å². The van der Waals surface area contributed by atoms with Gasteiger partial charge in [0.1, 0.15) is 11.8 Å². The molecule has 0 saturated heterocycles. The molecule has 0 amide bonds. The van der Waals surface area contributed by atoms with E-state index in [0.717, 1.165) is 22.6 Å². The van der Waals surface area contributed by atoms with Crippen LogP contribution in [0.25, 0.3) is 0 Å². The smallest absolute Gasteiger partial charge is 0.326 e. The second-order valence-corrected chi connectivity index (χ2v) is 6.76. The molecule has 0 bridgehead atoms. The van der Waals surface area contributed by atoms with Crippen molar-refractivity contribution in [1.82, 2.24) is 4.98 Å². The number of nitrogens with zero attached hydrogens (tertiary/aromatic N) is 1. The first-order valence-corrected chi connectivity index (χ1v) is 9.12. The average Bonchev–Trinajstić information content (AvgIpc) is 3.09. The van der Waals surface area contributed by atoms with Crippen molar-refractivity contribution in [3.05, 3.63) is 76.8 Å². The number of hydrogen-bond acceptors (Lipinski definition) is 5. The lowest BCUT2D eigenvalue weighted by Gasteiger charge is -2.13. The highest BCUT2D eigenvalue weighted by atomic mass is 32.1. The summed E-state index contributed by atoms with van der Waals surface area (Å²) in [5, 5.41) is 15.1. The number of hydrogen-bond donors (Lipinski definition) is 2. The van der Waals surface area contributed by atoms with E-state index in [-0.39, 0.29) is 0 Å². The fourth-order valence-corrected chi connectivity index (χ4v) is 3.41. The highest BCUT2D eigenvalue weighted by molar-refractivity contribution is 7.13. The van der Waals surface area contributed by atoms with E-state index >= 15 is 0 Å². The number of ether oxygens (including phenoxy) is 1. The quantitative estimate of drug-likeness (QED) is 0.632. The van der Waals surface area contributed by atoms with Gasteiger partial charge in [-0.1, -0.05) is 42.5 Å². The molecule has 1 atom stereocenters. The lowest BCUT2D eigenvalue weighted by atomic mass is 10.1. The summed E-state index contributed by atoms with van der Waals surface area (Å²) < 4.78 is 5.24. The molecular formula is C20H20N2O3S. The number of thiazole rings is 1. The van der Waals surface area contributed by atoms with E-state index in [9.17, 15) is 9.90 Å². The van der Waals surface area contributed by atoms with E-state index in [1.807, 2.05) is 60.0 Å². The summed E-state index contributed by atoms with van der Waals surface area (Å²) in [6, 6.07) is 16.7. The summed E-state index contributed by atoms with van der Waals surface area (Å²) in [6.07, 6.45) is 1.08. The minimum atomic E-state index is -0.890. The van der Waals surface area contributed by atoms with Crippen LogP contribution in [0.15, 0.2) is 60.0 Å². The predicted octanol–water partition coefficient (Wildman–Crippen LogP) is 3.85. The summed E-state index contributed by atoms with van der Waals surface area (Å²) >= 11 is 1.42. The Morgan fingerprint density at radius 3 is 2.69 bits per heavy atom. The van der Waals surface area contributed by atoms with Gasteiger partial charge in [0.25, 0.3) is 0 Å².